The second-order valence-electron chi connectivity index (χ2n) is 5.75. The van der Waals surface area contributed by atoms with Gasteiger partial charge < -0.3 is 21.5 Å². The lowest BCUT2D eigenvalue weighted by atomic mass is 9.79. The quantitative estimate of drug-likeness (QED) is 0.623. The third-order valence-electron chi connectivity index (χ3n) is 4.40. The lowest BCUT2D eigenvalue weighted by molar-refractivity contribution is 0.0963. The highest BCUT2D eigenvalue weighted by Crippen LogP contribution is 2.30. The SMILES string of the molecule is CNC(=O)c1ccc(NCC2CCCCC2CO)c(N)c1. The molecule has 2 atom stereocenters. The number of amides is 1. The van der Waals surface area contributed by atoms with Crippen LogP contribution in [0.3, 0.4) is 0 Å². The number of aliphatic hydroxyl groups excluding tert-OH is 1. The van der Waals surface area contributed by atoms with Crippen LogP contribution >= 0.6 is 0 Å². The van der Waals surface area contributed by atoms with E-state index in [9.17, 15) is 9.90 Å². The van der Waals surface area contributed by atoms with Crippen molar-refractivity contribution in [3.8, 4) is 0 Å². The molecule has 21 heavy (non-hydrogen) atoms. The predicted molar refractivity (Wildman–Crippen MR) is 85.3 cm³/mol. The van der Waals surface area contributed by atoms with Crippen molar-refractivity contribution in [2.75, 3.05) is 31.2 Å². The third-order valence-corrected chi connectivity index (χ3v) is 4.40. The van der Waals surface area contributed by atoms with Crippen molar-refractivity contribution < 1.29 is 9.90 Å². The van der Waals surface area contributed by atoms with E-state index in [1.807, 2.05) is 6.07 Å². The Morgan fingerprint density at radius 2 is 2.05 bits per heavy atom. The second-order valence-corrected chi connectivity index (χ2v) is 5.75. The summed E-state index contributed by atoms with van der Waals surface area (Å²) in [6.45, 7) is 1.08. The number of hydrogen-bond acceptors (Lipinski definition) is 4. The monoisotopic (exact) mass is 291 g/mol. The van der Waals surface area contributed by atoms with Crippen LogP contribution in [0.4, 0.5) is 11.4 Å². The first kappa shape index (κ1) is 15.6. The summed E-state index contributed by atoms with van der Waals surface area (Å²) < 4.78 is 0. The number of carbonyl (C=O) groups is 1. The second kappa shape index (κ2) is 7.31. The van der Waals surface area contributed by atoms with E-state index in [0.29, 0.717) is 23.1 Å². The molecule has 1 fully saturated rings. The Bertz CT molecular complexity index is 490. The number of nitrogen functional groups attached to an aromatic ring is 1. The molecule has 0 heterocycles. The first-order chi connectivity index (χ1) is 10.2. The average Bonchev–Trinajstić information content (AvgIpc) is 2.53. The highest BCUT2D eigenvalue weighted by Gasteiger charge is 2.24. The minimum absolute atomic E-state index is 0.138. The van der Waals surface area contributed by atoms with Gasteiger partial charge >= 0.3 is 0 Å². The van der Waals surface area contributed by atoms with Crippen LogP contribution in [-0.4, -0.2) is 31.2 Å². The standard InChI is InChI=1S/C16H25N3O2/c1-18-16(21)11-6-7-15(14(17)8-11)19-9-12-4-2-3-5-13(12)10-20/h6-8,12-13,19-20H,2-5,9-10,17H2,1H3,(H,18,21). The van der Waals surface area contributed by atoms with Crippen molar-refractivity contribution in [1.82, 2.24) is 5.32 Å². The number of aliphatic hydroxyl groups is 1. The Labute approximate surface area is 125 Å². The Kier molecular flexibility index (Phi) is 5.44. The van der Waals surface area contributed by atoms with E-state index in [-0.39, 0.29) is 12.5 Å². The van der Waals surface area contributed by atoms with E-state index in [4.69, 9.17) is 5.73 Å². The van der Waals surface area contributed by atoms with E-state index in [1.54, 1.807) is 19.2 Å². The maximum atomic E-state index is 11.5. The minimum Gasteiger partial charge on any atom is -0.397 e. The number of rotatable bonds is 5. The largest absolute Gasteiger partial charge is 0.397 e. The van der Waals surface area contributed by atoms with Crippen LogP contribution in [0.2, 0.25) is 0 Å². The number of nitrogens with one attached hydrogen (secondary N) is 2. The van der Waals surface area contributed by atoms with Gasteiger partial charge in [-0.05, 0) is 42.9 Å². The van der Waals surface area contributed by atoms with Gasteiger partial charge in [-0.3, -0.25) is 4.79 Å². The van der Waals surface area contributed by atoms with E-state index in [1.165, 1.54) is 12.8 Å². The molecule has 1 saturated carbocycles. The van der Waals surface area contributed by atoms with Crippen LogP contribution in [0.25, 0.3) is 0 Å². The van der Waals surface area contributed by atoms with Crippen molar-refractivity contribution in [2.24, 2.45) is 11.8 Å². The molecular weight excluding hydrogens is 266 g/mol. The van der Waals surface area contributed by atoms with Crippen molar-refractivity contribution in [3.63, 3.8) is 0 Å². The van der Waals surface area contributed by atoms with Gasteiger partial charge in [-0.15, -0.1) is 0 Å². The summed E-state index contributed by atoms with van der Waals surface area (Å²) in [5, 5.41) is 15.4. The van der Waals surface area contributed by atoms with Crippen LogP contribution in [0, 0.1) is 11.8 Å². The Balaban J connectivity index is 1.98. The zero-order valence-corrected chi connectivity index (χ0v) is 12.6. The summed E-state index contributed by atoms with van der Waals surface area (Å²) in [5.41, 5.74) is 7.99. The Morgan fingerprint density at radius 1 is 1.33 bits per heavy atom. The van der Waals surface area contributed by atoms with Crippen molar-refractivity contribution >= 4 is 17.3 Å². The fourth-order valence-corrected chi connectivity index (χ4v) is 3.04. The molecule has 1 aliphatic carbocycles. The number of carbonyl (C=O) groups excluding carboxylic acids is 1. The molecule has 5 N–H and O–H groups in total. The summed E-state index contributed by atoms with van der Waals surface area (Å²) in [5.74, 6) is 0.736. The van der Waals surface area contributed by atoms with Gasteiger partial charge in [0.1, 0.15) is 0 Å². The summed E-state index contributed by atoms with van der Waals surface area (Å²) in [6, 6.07) is 5.30. The van der Waals surface area contributed by atoms with Crippen LogP contribution < -0.4 is 16.4 Å². The number of benzene rings is 1. The average molecular weight is 291 g/mol. The molecule has 0 saturated heterocycles. The van der Waals surface area contributed by atoms with Crippen LogP contribution in [0.1, 0.15) is 36.0 Å². The number of hydrogen-bond donors (Lipinski definition) is 4. The highest BCUT2D eigenvalue weighted by atomic mass is 16.3. The highest BCUT2D eigenvalue weighted by molar-refractivity contribution is 5.95. The van der Waals surface area contributed by atoms with Crippen molar-refractivity contribution in [1.29, 1.82) is 0 Å². The molecule has 0 radical (unpaired) electrons. The molecule has 2 rings (SSSR count). The topological polar surface area (TPSA) is 87.4 Å². The molecule has 5 heteroatoms. The smallest absolute Gasteiger partial charge is 0.251 e. The molecule has 116 valence electrons. The lowest BCUT2D eigenvalue weighted by Crippen LogP contribution is -2.28. The zero-order chi connectivity index (χ0) is 15.2. The van der Waals surface area contributed by atoms with Gasteiger partial charge in [-0.25, -0.2) is 0 Å². The first-order valence-corrected chi connectivity index (χ1v) is 7.62. The van der Waals surface area contributed by atoms with Gasteiger partial charge in [0.15, 0.2) is 0 Å². The van der Waals surface area contributed by atoms with Crippen molar-refractivity contribution in [3.05, 3.63) is 23.8 Å². The van der Waals surface area contributed by atoms with E-state index in [0.717, 1.165) is 25.1 Å². The number of nitrogens with two attached hydrogens (primary N) is 1. The molecule has 0 spiro atoms. The zero-order valence-electron chi connectivity index (χ0n) is 12.6. The molecule has 1 aromatic carbocycles. The van der Waals surface area contributed by atoms with Crippen LogP contribution in [-0.2, 0) is 0 Å². The summed E-state index contributed by atoms with van der Waals surface area (Å²) in [7, 11) is 1.60. The maximum absolute atomic E-state index is 11.5. The fourth-order valence-electron chi connectivity index (χ4n) is 3.04. The lowest BCUT2D eigenvalue weighted by Gasteiger charge is -2.30. The van der Waals surface area contributed by atoms with Gasteiger partial charge in [-0.1, -0.05) is 12.8 Å². The third kappa shape index (κ3) is 3.88. The molecule has 0 aliphatic heterocycles. The summed E-state index contributed by atoms with van der Waals surface area (Å²) >= 11 is 0. The molecule has 0 bridgehead atoms. The van der Waals surface area contributed by atoms with Crippen LogP contribution in [0.15, 0.2) is 18.2 Å². The Hall–Kier alpha value is -1.75. The fraction of sp³-hybridized carbons (Fsp3) is 0.562. The minimum atomic E-state index is -0.138. The molecular formula is C16H25N3O2. The van der Waals surface area contributed by atoms with Crippen LogP contribution in [0.5, 0.6) is 0 Å². The van der Waals surface area contributed by atoms with Gasteiger partial charge in [0.05, 0.1) is 11.4 Å². The summed E-state index contributed by atoms with van der Waals surface area (Å²) in [4.78, 5) is 11.5. The van der Waals surface area contributed by atoms with E-state index < -0.39 is 0 Å². The molecule has 1 aliphatic rings. The maximum Gasteiger partial charge on any atom is 0.251 e. The molecule has 0 aromatic heterocycles. The Morgan fingerprint density at radius 3 is 2.67 bits per heavy atom. The van der Waals surface area contributed by atoms with Gasteiger partial charge in [-0.2, -0.15) is 0 Å². The number of anilines is 2. The normalized spacial score (nSPS) is 21.8. The van der Waals surface area contributed by atoms with Gasteiger partial charge in [0, 0.05) is 25.8 Å². The molecule has 1 aromatic rings. The molecule has 1 amide bonds. The van der Waals surface area contributed by atoms with Gasteiger partial charge in [0.2, 0.25) is 0 Å². The van der Waals surface area contributed by atoms with Crippen molar-refractivity contribution in [2.45, 2.75) is 25.7 Å². The first-order valence-electron chi connectivity index (χ1n) is 7.62. The van der Waals surface area contributed by atoms with Gasteiger partial charge in [0.25, 0.3) is 5.91 Å². The van der Waals surface area contributed by atoms with E-state index >= 15 is 0 Å². The molecule has 2 unspecified atom stereocenters. The summed E-state index contributed by atoms with van der Waals surface area (Å²) in [6.07, 6.45) is 4.70. The predicted octanol–water partition coefficient (Wildman–Crippen LogP) is 1.84. The van der Waals surface area contributed by atoms with E-state index in [2.05, 4.69) is 10.6 Å². The molecule has 5 nitrogen and oxygen atoms in total.